The van der Waals surface area contributed by atoms with Crippen molar-refractivity contribution in [2.24, 2.45) is 0 Å². The zero-order valence-corrected chi connectivity index (χ0v) is 28.0. The van der Waals surface area contributed by atoms with Crippen LogP contribution in [0.2, 0.25) is 10.0 Å². The lowest BCUT2D eigenvalue weighted by molar-refractivity contribution is -0.116. The molecule has 0 aliphatic carbocycles. The molecule has 1 unspecified atom stereocenters. The van der Waals surface area contributed by atoms with Gasteiger partial charge in [-0.25, -0.2) is 0 Å². The molecule has 5 rings (SSSR count). The summed E-state index contributed by atoms with van der Waals surface area (Å²) in [5.74, 6) is -1.17. The molecule has 3 N–H and O–H groups in total. The molecule has 0 heterocycles. The minimum Gasteiger partial charge on any atom is -0.323 e. The van der Waals surface area contributed by atoms with Crippen molar-refractivity contribution in [2.75, 3.05) is 10.6 Å². The summed E-state index contributed by atoms with van der Waals surface area (Å²) in [6.07, 6.45) is 1.61. The number of hydrogen-bond acceptors (Lipinski definition) is 4. The first-order valence-corrected chi connectivity index (χ1v) is 16.4. The standard InChI is InChI=1S/C36H26BrCl2N3O3S/c37-26-14-7-9-23(21-26)22-31(42-34(43)25-12-5-2-6-13-25)35(44)40-27-17-19-28(20-18-27)46-33(24-10-3-1-4-11-24)36(45)41-30-16-8-15-29(38)32(30)39/h1-22,33H,(H,40,44)(H,41,45)(H,42,43)/b31-22-. The van der Waals surface area contributed by atoms with E-state index in [1.165, 1.54) is 11.8 Å². The zero-order chi connectivity index (χ0) is 32.5. The lowest BCUT2D eigenvalue weighted by Gasteiger charge is -2.18. The summed E-state index contributed by atoms with van der Waals surface area (Å²) < 4.78 is 0.835. The second kappa shape index (κ2) is 15.8. The Bertz CT molecular complexity index is 1890. The Morgan fingerprint density at radius 3 is 2.11 bits per heavy atom. The molecule has 0 bridgehead atoms. The third-order valence-corrected chi connectivity index (χ3v) is 9.18. The number of halogens is 3. The third-order valence-electron chi connectivity index (χ3n) is 6.60. The fraction of sp³-hybridized carbons (Fsp3) is 0.0278. The van der Waals surface area contributed by atoms with Gasteiger partial charge in [0, 0.05) is 20.6 Å². The molecule has 5 aromatic carbocycles. The molecule has 1 atom stereocenters. The lowest BCUT2D eigenvalue weighted by atomic mass is 10.1. The van der Waals surface area contributed by atoms with Gasteiger partial charge in [-0.3, -0.25) is 14.4 Å². The highest BCUT2D eigenvalue weighted by atomic mass is 79.9. The van der Waals surface area contributed by atoms with Crippen LogP contribution in [0.15, 0.2) is 142 Å². The molecule has 0 saturated heterocycles. The van der Waals surface area contributed by atoms with Crippen molar-refractivity contribution in [3.05, 3.63) is 164 Å². The summed E-state index contributed by atoms with van der Waals surface area (Å²) in [4.78, 5) is 40.7. The van der Waals surface area contributed by atoms with Crippen molar-refractivity contribution in [3.8, 4) is 0 Å². The lowest BCUT2D eigenvalue weighted by Crippen LogP contribution is -2.30. The maximum atomic E-state index is 13.5. The third kappa shape index (κ3) is 8.89. The topological polar surface area (TPSA) is 87.3 Å². The van der Waals surface area contributed by atoms with E-state index < -0.39 is 17.1 Å². The minimum absolute atomic E-state index is 0.0749. The van der Waals surface area contributed by atoms with Crippen LogP contribution in [-0.2, 0) is 9.59 Å². The molecule has 0 aliphatic rings. The van der Waals surface area contributed by atoms with E-state index in [2.05, 4.69) is 31.9 Å². The van der Waals surface area contributed by atoms with E-state index in [1.54, 1.807) is 60.7 Å². The molecule has 0 spiro atoms. The summed E-state index contributed by atoms with van der Waals surface area (Å²) in [7, 11) is 0. The molecular formula is C36H26BrCl2N3O3S. The number of amides is 3. The fourth-order valence-corrected chi connectivity index (χ4v) is 6.15. The first-order valence-electron chi connectivity index (χ1n) is 14.0. The Morgan fingerprint density at radius 2 is 1.41 bits per heavy atom. The quantitative estimate of drug-likeness (QED) is 0.0987. The van der Waals surface area contributed by atoms with Crippen LogP contribution in [0.1, 0.15) is 26.7 Å². The van der Waals surface area contributed by atoms with Gasteiger partial charge in [-0.05, 0) is 77.9 Å². The summed E-state index contributed by atoms with van der Waals surface area (Å²) in [5.41, 5.74) is 2.96. The van der Waals surface area contributed by atoms with Crippen LogP contribution in [-0.4, -0.2) is 17.7 Å². The number of nitrogens with one attached hydrogen (secondary N) is 3. The van der Waals surface area contributed by atoms with E-state index in [4.69, 9.17) is 23.2 Å². The number of hydrogen-bond donors (Lipinski definition) is 3. The van der Waals surface area contributed by atoms with E-state index >= 15 is 0 Å². The average molecular weight is 731 g/mol. The summed E-state index contributed by atoms with van der Waals surface area (Å²) in [6, 6.07) is 37.6. The maximum Gasteiger partial charge on any atom is 0.272 e. The van der Waals surface area contributed by atoms with Crippen molar-refractivity contribution in [2.45, 2.75) is 10.1 Å². The van der Waals surface area contributed by atoms with Crippen molar-refractivity contribution in [1.82, 2.24) is 5.32 Å². The molecule has 230 valence electrons. The van der Waals surface area contributed by atoms with E-state index in [9.17, 15) is 14.4 Å². The van der Waals surface area contributed by atoms with Crippen molar-refractivity contribution >= 4 is 86.1 Å². The average Bonchev–Trinajstić information content (AvgIpc) is 3.07. The number of rotatable bonds is 10. The van der Waals surface area contributed by atoms with Crippen LogP contribution in [0.3, 0.4) is 0 Å². The van der Waals surface area contributed by atoms with Crippen LogP contribution in [0.25, 0.3) is 6.08 Å². The van der Waals surface area contributed by atoms with Crippen LogP contribution < -0.4 is 16.0 Å². The largest absolute Gasteiger partial charge is 0.323 e. The van der Waals surface area contributed by atoms with E-state index in [0.29, 0.717) is 22.0 Å². The van der Waals surface area contributed by atoms with Crippen LogP contribution >= 0.6 is 50.9 Å². The maximum absolute atomic E-state index is 13.5. The van der Waals surface area contributed by atoms with E-state index in [-0.39, 0.29) is 16.6 Å². The van der Waals surface area contributed by atoms with Crippen molar-refractivity contribution in [1.29, 1.82) is 0 Å². The van der Waals surface area contributed by atoms with Crippen molar-refractivity contribution < 1.29 is 14.4 Å². The van der Waals surface area contributed by atoms with Crippen molar-refractivity contribution in [3.63, 3.8) is 0 Å². The second-order valence-electron chi connectivity index (χ2n) is 9.91. The molecule has 0 aromatic heterocycles. The first-order chi connectivity index (χ1) is 22.3. The highest BCUT2D eigenvalue weighted by Crippen LogP contribution is 2.38. The van der Waals surface area contributed by atoms with Gasteiger partial charge in [-0.15, -0.1) is 11.8 Å². The van der Waals surface area contributed by atoms with Crippen LogP contribution in [0.4, 0.5) is 11.4 Å². The normalized spacial score (nSPS) is 11.8. The molecule has 0 fully saturated rings. The first kappa shape index (κ1) is 33.0. The number of carbonyl (C=O) groups is 3. The summed E-state index contributed by atoms with van der Waals surface area (Å²) in [6.45, 7) is 0. The van der Waals surface area contributed by atoms with Gasteiger partial charge < -0.3 is 16.0 Å². The predicted molar refractivity (Wildman–Crippen MR) is 191 cm³/mol. The van der Waals surface area contributed by atoms with Gasteiger partial charge in [0.15, 0.2) is 0 Å². The Morgan fingerprint density at radius 1 is 0.739 bits per heavy atom. The number of carbonyl (C=O) groups excluding carboxylic acids is 3. The molecule has 0 saturated carbocycles. The number of benzene rings is 5. The monoisotopic (exact) mass is 729 g/mol. The minimum atomic E-state index is -0.607. The molecule has 0 radical (unpaired) electrons. The van der Waals surface area contributed by atoms with E-state index in [1.807, 2.05) is 72.8 Å². The molecule has 5 aromatic rings. The summed E-state index contributed by atoms with van der Waals surface area (Å²) in [5, 5.41) is 8.50. The summed E-state index contributed by atoms with van der Waals surface area (Å²) >= 11 is 17.3. The van der Waals surface area contributed by atoms with Gasteiger partial charge in [-0.1, -0.05) is 106 Å². The SMILES string of the molecule is O=C(Nc1ccc(SC(C(=O)Nc2cccc(Cl)c2Cl)c2ccccc2)cc1)/C(=C/c1cccc(Br)c1)NC(=O)c1ccccc1. The Labute approximate surface area is 289 Å². The fourth-order valence-electron chi connectivity index (χ4n) is 4.36. The number of anilines is 2. The Balaban J connectivity index is 1.33. The highest BCUT2D eigenvalue weighted by molar-refractivity contribution is 9.10. The molecule has 46 heavy (non-hydrogen) atoms. The van der Waals surface area contributed by atoms with Gasteiger partial charge in [-0.2, -0.15) is 0 Å². The molecular weight excluding hydrogens is 705 g/mol. The van der Waals surface area contributed by atoms with Gasteiger partial charge in [0.1, 0.15) is 10.9 Å². The predicted octanol–water partition coefficient (Wildman–Crippen LogP) is 9.64. The van der Waals surface area contributed by atoms with Gasteiger partial charge in [0.05, 0.1) is 15.7 Å². The number of thioether (sulfide) groups is 1. The molecule has 0 aliphatic heterocycles. The molecule has 10 heteroatoms. The second-order valence-corrected chi connectivity index (χ2v) is 12.8. The Hall–Kier alpha value is -4.34. The zero-order valence-electron chi connectivity index (χ0n) is 24.0. The van der Waals surface area contributed by atoms with Crippen LogP contribution in [0, 0.1) is 0 Å². The highest BCUT2D eigenvalue weighted by Gasteiger charge is 2.23. The van der Waals surface area contributed by atoms with Crippen LogP contribution in [0.5, 0.6) is 0 Å². The van der Waals surface area contributed by atoms with E-state index in [0.717, 1.165) is 20.5 Å². The Kier molecular flexibility index (Phi) is 11.3. The van der Waals surface area contributed by atoms with Gasteiger partial charge in [0.2, 0.25) is 5.91 Å². The molecule has 3 amide bonds. The smallest absolute Gasteiger partial charge is 0.272 e. The molecule has 6 nitrogen and oxygen atoms in total. The van der Waals surface area contributed by atoms with Gasteiger partial charge >= 0.3 is 0 Å². The van der Waals surface area contributed by atoms with Gasteiger partial charge in [0.25, 0.3) is 11.8 Å².